The summed E-state index contributed by atoms with van der Waals surface area (Å²) >= 11 is 0. The van der Waals surface area contributed by atoms with E-state index < -0.39 is 5.97 Å². The fourth-order valence-electron chi connectivity index (χ4n) is 5.46. The van der Waals surface area contributed by atoms with Crippen molar-refractivity contribution in [3.63, 3.8) is 0 Å². The normalized spacial score (nSPS) is 15.4. The molecule has 0 saturated carbocycles. The first-order valence-corrected chi connectivity index (χ1v) is 12.8. The molecule has 0 fully saturated rings. The molecule has 5 rings (SSSR count). The van der Waals surface area contributed by atoms with Gasteiger partial charge in [0.05, 0.1) is 17.8 Å². The van der Waals surface area contributed by atoms with Gasteiger partial charge in [-0.05, 0) is 77.8 Å². The van der Waals surface area contributed by atoms with Gasteiger partial charge in [0, 0.05) is 6.54 Å². The van der Waals surface area contributed by atoms with Crippen LogP contribution in [0.3, 0.4) is 0 Å². The van der Waals surface area contributed by atoms with Gasteiger partial charge < -0.3 is 14.7 Å². The SMILES string of the molecule is Cc1c(CN2CC(CCC[C@H](C)c3cccc4ccccc34)Oc3ccccc32)cccc1C(=O)O.Cl. The van der Waals surface area contributed by atoms with E-state index in [0.717, 1.165) is 48.4 Å². The number of hydrogen-bond donors (Lipinski definition) is 1. The number of nitrogens with zero attached hydrogens (tertiary/aromatic N) is 1. The number of carbonyl (C=O) groups is 1. The van der Waals surface area contributed by atoms with Crippen LogP contribution in [0.1, 0.15) is 59.2 Å². The predicted octanol–water partition coefficient (Wildman–Crippen LogP) is 8.01. The summed E-state index contributed by atoms with van der Waals surface area (Å²) in [4.78, 5) is 14.0. The molecule has 0 saturated heterocycles. The minimum atomic E-state index is -0.880. The lowest BCUT2D eigenvalue weighted by Crippen LogP contribution is -2.39. The first kappa shape index (κ1) is 26.6. The Balaban J connectivity index is 0.00000320. The van der Waals surface area contributed by atoms with E-state index in [9.17, 15) is 9.90 Å². The van der Waals surface area contributed by atoms with Crippen LogP contribution in [0.15, 0.2) is 84.9 Å². The second kappa shape index (κ2) is 11.7. The fraction of sp³-hybridized carbons (Fsp3) is 0.281. The van der Waals surface area contributed by atoms with E-state index >= 15 is 0 Å². The zero-order valence-corrected chi connectivity index (χ0v) is 22.2. The lowest BCUT2D eigenvalue weighted by Gasteiger charge is -2.37. The van der Waals surface area contributed by atoms with Gasteiger partial charge in [0.15, 0.2) is 0 Å². The van der Waals surface area contributed by atoms with Crippen LogP contribution < -0.4 is 9.64 Å². The first-order chi connectivity index (χ1) is 17.5. The molecule has 4 nitrogen and oxygen atoms in total. The quantitative estimate of drug-likeness (QED) is 0.258. The van der Waals surface area contributed by atoms with Crippen molar-refractivity contribution in [2.24, 2.45) is 0 Å². The van der Waals surface area contributed by atoms with Crippen molar-refractivity contribution in [3.05, 3.63) is 107 Å². The molecular weight excluding hydrogens is 482 g/mol. The van der Waals surface area contributed by atoms with Gasteiger partial charge in [-0.3, -0.25) is 0 Å². The van der Waals surface area contributed by atoms with Crippen LogP contribution >= 0.6 is 12.4 Å². The van der Waals surface area contributed by atoms with Crippen molar-refractivity contribution in [1.29, 1.82) is 0 Å². The topological polar surface area (TPSA) is 49.8 Å². The summed E-state index contributed by atoms with van der Waals surface area (Å²) in [6, 6.07) is 28.9. The van der Waals surface area contributed by atoms with E-state index in [0.29, 0.717) is 18.0 Å². The molecule has 5 heteroatoms. The summed E-state index contributed by atoms with van der Waals surface area (Å²) in [5.41, 5.74) is 4.72. The maximum atomic E-state index is 11.6. The molecule has 4 aromatic rings. The zero-order valence-electron chi connectivity index (χ0n) is 21.4. The predicted molar refractivity (Wildman–Crippen MR) is 154 cm³/mol. The van der Waals surface area contributed by atoms with Gasteiger partial charge in [0.2, 0.25) is 0 Å². The van der Waals surface area contributed by atoms with Crippen LogP contribution in [0.25, 0.3) is 10.8 Å². The van der Waals surface area contributed by atoms with Gasteiger partial charge in [-0.15, -0.1) is 12.4 Å². The monoisotopic (exact) mass is 515 g/mol. The number of aromatic carboxylic acids is 1. The number of carboxylic acids is 1. The van der Waals surface area contributed by atoms with E-state index in [1.807, 2.05) is 37.3 Å². The van der Waals surface area contributed by atoms with Gasteiger partial charge in [0.25, 0.3) is 0 Å². The third kappa shape index (κ3) is 5.75. The number of anilines is 1. The minimum Gasteiger partial charge on any atom is -0.486 e. The number of carboxylic acid groups (broad SMARTS) is 1. The molecule has 1 aliphatic heterocycles. The van der Waals surface area contributed by atoms with Crippen molar-refractivity contribution < 1.29 is 14.6 Å². The number of benzene rings is 4. The standard InChI is InChI=1S/C32H33NO3.ClH/c1-22(27-16-8-12-24-11-3-4-15-29(24)27)10-7-14-26-21-33(30-18-5-6-19-31(30)36-26)20-25-13-9-17-28(23(25)2)32(34)35;/h3-6,8-9,11-13,15-19,22,26H,7,10,14,20-21H2,1-2H3,(H,34,35);1H/t22-,26?;/m0./s1. The molecular formula is C32H34ClNO3. The van der Waals surface area contributed by atoms with E-state index in [1.54, 1.807) is 6.07 Å². The van der Waals surface area contributed by atoms with Gasteiger partial charge in [-0.2, -0.15) is 0 Å². The average Bonchev–Trinajstić information content (AvgIpc) is 2.89. The van der Waals surface area contributed by atoms with Crippen molar-refractivity contribution >= 4 is 34.8 Å². The van der Waals surface area contributed by atoms with Crippen LogP contribution in [0, 0.1) is 6.92 Å². The molecule has 2 atom stereocenters. The molecule has 0 aromatic heterocycles. The third-order valence-corrected chi connectivity index (χ3v) is 7.48. The molecule has 0 radical (unpaired) electrons. The number of fused-ring (bicyclic) bond motifs is 2. The van der Waals surface area contributed by atoms with Gasteiger partial charge in [-0.25, -0.2) is 4.79 Å². The fourth-order valence-corrected chi connectivity index (χ4v) is 5.46. The van der Waals surface area contributed by atoms with Crippen LogP contribution in [0.4, 0.5) is 5.69 Å². The third-order valence-electron chi connectivity index (χ3n) is 7.48. The molecule has 0 bridgehead atoms. The average molecular weight is 516 g/mol. The number of rotatable bonds is 8. The van der Waals surface area contributed by atoms with Crippen LogP contribution in [-0.2, 0) is 6.54 Å². The molecule has 0 aliphatic carbocycles. The highest BCUT2D eigenvalue weighted by Crippen LogP contribution is 2.36. The molecule has 0 spiro atoms. The van der Waals surface area contributed by atoms with E-state index in [-0.39, 0.29) is 18.5 Å². The molecule has 1 heterocycles. The maximum absolute atomic E-state index is 11.6. The second-order valence-electron chi connectivity index (χ2n) is 9.88. The largest absolute Gasteiger partial charge is 0.486 e. The van der Waals surface area contributed by atoms with Crippen molar-refractivity contribution in [1.82, 2.24) is 0 Å². The Hall–Kier alpha value is -3.50. The molecule has 1 aliphatic rings. The molecule has 1 N–H and O–H groups in total. The first-order valence-electron chi connectivity index (χ1n) is 12.8. The second-order valence-corrected chi connectivity index (χ2v) is 9.88. The Kier molecular flexibility index (Phi) is 8.40. The van der Waals surface area contributed by atoms with Crippen LogP contribution in [0.2, 0.25) is 0 Å². The Labute approximate surface area is 225 Å². The summed E-state index contributed by atoms with van der Waals surface area (Å²) in [5.74, 6) is 0.502. The Morgan fingerprint density at radius 2 is 1.73 bits per heavy atom. The summed E-state index contributed by atoms with van der Waals surface area (Å²) < 4.78 is 6.41. The Bertz CT molecular complexity index is 1380. The zero-order chi connectivity index (χ0) is 25.1. The van der Waals surface area contributed by atoms with Crippen LogP contribution in [0.5, 0.6) is 5.75 Å². The highest BCUT2D eigenvalue weighted by atomic mass is 35.5. The lowest BCUT2D eigenvalue weighted by molar-refractivity contribution is 0.0696. The van der Waals surface area contributed by atoms with Gasteiger partial charge in [-0.1, -0.05) is 73.7 Å². The smallest absolute Gasteiger partial charge is 0.335 e. The maximum Gasteiger partial charge on any atom is 0.335 e. The number of ether oxygens (including phenoxy) is 1. The lowest BCUT2D eigenvalue weighted by atomic mass is 9.90. The number of para-hydroxylation sites is 2. The molecule has 192 valence electrons. The summed E-state index contributed by atoms with van der Waals surface area (Å²) in [6.45, 7) is 5.67. The molecule has 1 unspecified atom stereocenters. The van der Waals surface area contributed by atoms with Crippen molar-refractivity contribution in [3.8, 4) is 5.75 Å². The molecule has 0 amide bonds. The van der Waals surface area contributed by atoms with Crippen LogP contribution in [-0.4, -0.2) is 23.7 Å². The highest BCUT2D eigenvalue weighted by molar-refractivity contribution is 5.89. The summed E-state index contributed by atoms with van der Waals surface area (Å²) in [7, 11) is 0. The Morgan fingerprint density at radius 3 is 2.57 bits per heavy atom. The van der Waals surface area contributed by atoms with Crippen molar-refractivity contribution in [2.45, 2.75) is 51.7 Å². The molecule has 37 heavy (non-hydrogen) atoms. The molecule has 4 aromatic carbocycles. The van der Waals surface area contributed by atoms with Gasteiger partial charge >= 0.3 is 5.97 Å². The summed E-state index contributed by atoms with van der Waals surface area (Å²) in [5, 5.41) is 12.2. The Morgan fingerprint density at radius 1 is 1.00 bits per heavy atom. The van der Waals surface area contributed by atoms with E-state index in [1.165, 1.54) is 16.3 Å². The number of hydrogen-bond acceptors (Lipinski definition) is 3. The number of halogens is 1. The van der Waals surface area contributed by atoms with Gasteiger partial charge in [0.1, 0.15) is 11.9 Å². The highest BCUT2D eigenvalue weighted by Gasteiger charge is 2.26. The minimum absolute atomic E-state index is 0. The summed E-state index contributed by atoms with van der Waals surface area (Å²) in [6.07, 6.45) is 3.27. The van der Waals surface area contributed by atoms with E-state index in [2.05, 4.69) is 60.4 Å². The van der Waals surface area contributed by atoms with Crippen molar-refractivity contribution in [2.75, 3.05) is 11.4 Å². The van der Waals surface area contributed by atoms with E-state index in [4.69, 9.17) is 4.74 Å².